The second kappa shape index (κ2) is 6.88. The van der Waals surface area contributed by atoms with Crippen molar-refractivity contribution in [3.63, 3.8) is 0 Å². The number of nitrogens with zero attached hydrogens (tertiary/aromatic N) is 4. The Morgan fingerprint density at radius 2 is 2.20 bits per heavy atom. The Kier molecular flexibility index (Phi) is 4.92. The zero-order valence-corrected chi connectivity index (χ0v) is 12.3. The number of aryl methyl sites for hydroxylation is 2. The van der Waals surface area contributed by atoms with Gasteiger partial charge < -0.3 is 10.1 Å². The molecule has 0 radical (unpaired) electrons. The van der Waals surface area contributed by atoms with Crippen LogP contribution in [0.1, 0.15) is 24.7 Å². The maximum atomic E-state index is 5.54. The molecule has 2 rings (SSSR count). The second-order valence-electron chi connectivity index (χ2n) is 4.68. The largest absolute Gasteiger partial charge is 0.478 e. The van der Waals surface area contributed by atoms with Crippen molar-refractivity contribution >= 4 is 5.95 Å². The molecule has 0 atom stereocenters. The van der Waals surface area contributed by atoms with Crippen LogP contribution in [0, 0.1) is 6.92 Å². The van der Waals surface area contributed by atoms with Gasteiger partial charge in [0.25, 0.3) is 0 Å². The summed E-state index contributed by atoms with van der Waals surface area (Å²) in [5.41, 5.74) is 1.95. The minimum absolute atomic E-state index is 0.604. The van der Waals surface area contributed by atoms with E-state index in [1.165, 1.54) is 0 Å². The van der Waals surface area contributed by atoms with E-state index in [0.29, 0.717) is 18.4 Å². The first-order valence-electron chi connectivity index (χ1n) is 6.88. The predicted molar refractivity (Wildman–Crippen MR) is 78.0 cm³/mol. The van der Waals surface area contributed by atoms with Gasteiger partial charge >= 0.3 is 0 Å². The standard InChI is InChI=1S/C14H21N5O/c1-4-9-20-13-10-11(2)16-14(17-13)15-7-5-12-6-8-19(3)18-12/h6,8,10H,4-5,7,9H2,1-3H3,(H,15,16,17). The summed E-state index contributed by atoms with van der Waals surface area (Å²) in [5, 5.41) is 7.54. The summed E-state index contributed by atoms with van der Waals surface area (Å²) in [5.74, 6) is 1.23. The highest BCUT2D eigenvalue weighted by atomic mass is 16.5. The van der Waals surface area contributed by atoms with Crippen molar-refractivity contribution in [1.82, 2.24) is 19.7 Å². The van der Waals surface area contributed by atoms with E-state index in [2.05, 4.69) is 27.3 Å². The number of nitrogens with one attached hydrogen (secondary N) is 1. The lowest BCUT2D eigenvalue weighted by Crippen LogP contribution is -2.10. The molecular formula is C14H21N5O. The first-order chi connectivity index (χ1) is 9.67. The van der Waals surface area contributed by atoms with Gasteiger partial charge in [0, 0.05) is 38.0 Å². The Morgan fingerprint density at radius 3 is 2.90 bits per heavy atom. The molecule has 2 aromatic rings. The Morgan fingerprint density at radius 1 is 1.35 bits per heavy atom. The molecule has 1 N–H and O–H groups in total. The predicted octanol–water partition coefficient (Wildman–Crippen LogP) is 1.96. The maximum Gasteiger partial charge on any atom is 0.226 e. The van der Waals surface area contributed by atoms with Crippen LogP contribution in [0.3, 0.4) is 0 Å². The van der Waals surface area contributed by atoms with E-state index < -0.39 is 0 Å². The molecule has 0 spiro atoms. The molecular weight excluding hydrogens is 254 g/mol. The topological polar surface area (TPSA) is 64.9 Å². The van der Waals surface area contributed by atoms with Gasteiger partial charge in [-0.25, -0.2) is 4.98 Å². The Balaban J connectivity index is 1.89. The Hall–Kier alpha value is -2.11. The molecule has 0 aliphatic carbocycles. The van der Waals surface area contributed by atoms with Crippen LogP contribution in [0.4, 0.5) is 5.95 Å². The summed E-state index contributed by atoms with van der Waals surface area (Å²) in [4.78, 5) is 8.69. The molecule has 0 saturated heterocycles. The monoisotopic (exact) mass is 275 g/mol. The molecule has 108 valence electrons. The molecule has 20 heavy (non-hydrogen) atoms. The average Bonchev–Trinajstić information content (AvgIpc) is 2.81. The van der Waals surface area contributed by atoms with E-state index in [9.17, 15) is 0 Å². The molecule has 6 nitrogen and oxygen atoms in total. The van der Waals surface area contributed by atoms with E-state index in [-0.39, 0.29) is 0 Å². The number of hydrogen-bond acceptors (Lipinski definition) is 5. The minimum atomic E-state index is 0.604. The van der Waals surface area contributed by atoms with Crippen LogP contribution >= 0.6 is 0 Å². The van der Waals surface area contributed by atoms with Crippen molar-refractivity contribution in [2.45, 2.75) is 26.7 Å². The van der Waals surface area contributed by atoms with Gasteiger partial charge in [-0.1, -0.05) is 6.92 Å². The first-order valence-corrected chi connectivity index (χ1v) is 6.88. The Bertz CT molecular complexity index is 552. The van der Waals surface area contributed by atoms with Crippen LogP contribution in [-0.4, -0.2) is 32.9 Å². The third-order valence-corrected chi connectivity index (χ3v) is 2.72. The van der Waals surface area contributed by atoms with Gasteiger partial charge in [0.1, 0.15) is 0 Å². The van der Waals surface area contributed by atoms with Crippen molar-refractivity contribution in [2.24, 2.45) is 7.05 Å². The van der Waals surface area contributed by atoms with Crippen LogP contribution in [-0.2, 0) is 13.5 Å². The lowest BCUT2D eigenvalue weighted by molar-refractivity contribution is 0.305. The molecule has 0 saturated carbocycles. The van der Waals surface area contributed by atoms with Gasteiger partial charge in [0.05, 0.1) is 12.3 Å². The molecule has 6 heteroatoms. The van der Waals surface area contributed by atoms with Crippen molar-refractivity contribution in [3.8, 4) is 5.88 Å². The number of aromatic nitrogens is 4. The van der Waals surface area contributed by atoms with Gasteiger partial charge in [-0.15, -0.1) is 0 Å². The third kappa shape index (κ3) is 4.22. The fraction of sp³-hybridized carbons (Fsp3) is 0.500. The van der Waals surface area contributed by atoms with Crippen LogP contribution < -0.4 is 10.1 Å². The van der Waals surface area contributed by atoms with Crippen LogP contribution in [0.15, 0.2) is 18.3 Å². The quantitative estimate of drug-likeness (QED) is 0.837. The number of rotatable bonds is 7. The normalized spacial score (nSPS) is 10.6. The van der Waals surface area contributed by atoms with Crippen LogP contribution in [0.5, 0.6) is 5.88 Å². The lowest BCUT2D eigenvalue weighted by Gasteiger charge is -2.08. The summed E-state index contributed by atoms with van der Waals surface area (Å²) in [6.45, 7) is 5.42. The highest BCUT2D eigenvalue weighted by Gasteiger charge is 2.03. The van der Waals surface area contributed by atoms with Crippen molar-refractivity contribution < 1.29 is 4.74 Å². The van der Waals surface area contributed by atoms with Gasteiger partial charge in [-0.2, -0.15) is 10.1 Å². The highest BCUT2D eigenvalue weighted by molar-refractivity contribution is 5.30. The molecule has 0 aliphatic heterocycles. The van der Waals surface area contributed by atoms with Crippen molar-refractivity contribution in [1.29, 1.82) is 0 Å². The summed E-state index contributed by atoms with van der Waals surface area (Å²) >= 11 is 0. The number of ether oxygens (including phenoxy) is 1. The fourth-order valence-corrected chi connectivity index (χ4v) is 1.80. The van der Waals surface area contributed by atoms with Gasteiger partial charge in [-0.05, 0) is 19.4 Å². The maximum absolute atomic E-state index is 5.54. The smallest absolute Gasteiger partial charge is 0.226 e. The highest BCUT2D eigenvalue weighted by Crippen LogP contribution is 2.12. The van der Waals surface area contributed by atoms with Crippen LogP contribution in [0.2, 0.25) is 0 Å². The van der Waals surface area contributed by atoms with E-state index in [0.717, 1.165) is 30.8 Å². The van der Waals surface area contributed by atoms with E-state index in [4.69, 9.17) is 4.74 Å². The Labute approximate surface area is 119 Å². The zero-order valence-electron chi connectivity index (χ0n) is 12.3. The summed E-state index contributed by atoms with van der Waals surface area (Å²) in [7, 11) is 1.91. The van der Waals surface area contributed by atoms with Gasteiger partial charge in [0.15, 0.2) is 0 Å². The number of hydrogen-bond donors (Lipinski definition) is 1. The molecule has 0 unspecified atom stereocenters. The molecule has 0 bridgehead atoms. The number of anilines is 1. The molecule has 2 heterocycles. The van der Waals surface area contributed by atoms with Gasteiger partial charge in [-0.3, -0.25) is 4.68 Å². The lowest BCUT2D eigenvalue weighted by atomic mass is 10.3. The minimum Gasteiger partial charge on any atom is -0.478 e. The molecule has 0 amide bonds. The fourth-order valence-electron chi connectivity index (χ4n) is 1.80. The van der Waals surface area contributed by atoms with E-state index in [1.54, 1.807) is 4.68 Å². The van der Waals surface area contributed by atoms with Crippen LogP contribution in [0.25, 0.3) is 0 Å². The molecule has 0 aliphatic rings. The second-order valence-corrected chi connectivity index (χ2v) is 4.68. The molecule has 0 aromatic carbocycles. The third-order valence-electron chi connectivity index (χ3n) is 2.72. The molecule has 0 fully saturated rings. The van der Waals surface area contributed by atoms with Crippen molar-refractivity contribution in [3.05, 3.63) is 29.7 Å². The summed E-state index contributed by atoms with van der Waals surface area (Å²) in [6.07, 6.45) is 3.74. The average molecular weight is 275 g/mol. The summed E-state index contributed by atoms with van der Waals surface area (Å²) in [6, 6.07) is 3.86. The SMILES string of the molecule is CCCOc1cc(C)nc(NCCc2ccn(C)n2)n1. The van der Waals surface area contributed by atoms with Gasteiger partial charge in [0.2, 0.25) is 11.8 Å². The molecule has 2 aromatic heterocycles. The van der Waals surface area contributed by atoms with Crippen molar-refractivity contribution in [2.75, 3.05) is 18.5 Å². The zero-order chi connectivity index (χ0) is 14.4. The van der Waals surface area contributed by atoms with E-state index >= 15 is 0 Å². The summed E-state index contributed by atoms with van der Waals surface area (Å²) < 4.78 is 7.34. The van der Waals surface area contributed by atoms with E-state index in [1.807, 2.05) is 32.3 Å². The first kappa shape index (κ1) is 14.3.